The van der Waals surface area contributed by atoms with Crippen molar-refractivity contribution in [3.8, 4) is 11.1 Å². The van der Waals surface area contributed by atoms with Gasteiger partial charge in [0.15, 0.2) is 0 Å². The number of carbonyl (C=O) groups excluding carboxylic acids is 1. The second kappa shape index (κ2) is 7.48. The number of aromatic nitrogens is 2. The summed E-state index contributed by atoms with van der Waals surface area (Å²) in [4.78, 5) is 22.8. The zero-order valence-corrected chi connectivity index (χ0v) is 15.5. The highest BCUT2D eigenvalue weighted by Gasteiger charge is 2.27. The Balaban J connectivity index is 1.39. The number of nitrogens with zero attached hydrogens (tertiary/aromatic N) is 3. The third-order valence-electron chi connectivity index (χ3n) is 4.54. The fraction of sp³-hybridized carbons (Fsp3) is 0.316. The number of thiazole rings is 1. The lowest BCUT2D eigenvalue weighted by Crippen LogP contribution is -2.41. The molecule has 3 heterocycles. The Labute approximate surface area is 159 Å². The number of hydrogen-bond donors (Lipinski definition) is 0. The van der Waals surface area contributed by atoms with E-state index in [1.165, 1.54) is 24.5 Å². The summed E-state index contributed by atoms with van der Waals surface area (Å²) in [5.74, 6) is -0.109. The third kappa shape index (κ3) is 3.57. The molecule has 3 aromatic rings. The van der Waals surface area contributed by atoms with Gasteiger partial charge in [0.05, 0.1) is 11.8 Å². The van der Waals surface area contributed by atoms with Gasteiger partial charge in [-0.1, -0.05) is 17.4 Å². The van der Waals surface area contributed by atoms with Gasteiger partial charge in [0.2, 0.25) is 5.88 Å². The molecule has 1 aromatic carbocycles. The van der Waals surface area contributed by atoms with Gasteiger partial charge in [0, 0.05) is 32.1 Å². The molecule has 4 rings (SSSR count). The second-order valence-electron chi connectivity index (χ2n) is 6.24. The molecular formula is C19H18FN3O3S. The molecule has 1 fully saturated rings. The van der Waals surface area contributed by atoms with Crippen molar-refractivity contribution in [2.24, 2.45) is 0 Å². The molecule has 0 aliphatic carbocycles. The Hall–Kier alpha value is -2.74. The zero-order valence-electron chi connectivity index (χ0n) is 14.7. The Morgan fingerprint density at radius 3 is 2.81 bits per heavy atom. The van der Waals surface area contributed by atoms with Crippen LogP contribution >= 0.6 is 11.3 Å². The van der Waals surface area contributed by atoms with Gasteiger partial charge in [-0.05, 0) is 24.3 Å². The number of hydrogen-bond acceptors (Lipinski definition) is 6. The van der Waals surface area contributed by atoms with Crippen LogP contribution in [0, 0.1) is 5.82 Å². The number of para-hydroxylation sites is 1. The van der Waals surface area contributed by atoms with Crippen molar-refractivity contribution >= 4 is 27.5 Å². The molecule has 140 valence electrons. The van der Waals surface area contributed by atoms with Crippen LogP contribution in [0.4, 0.5) is 4.39 Å². The highest BCUT2D eigenvalue weighted by molar-refractivity contribution is 7.20. The Morgan fingerprint density at radius 1 is 1.26 bits per heavy atom. The minimum absolute atomic E-state index is 0.0477. The number of methoxy groups -OCH3 is 1. The maximum atomic E-state index is 13.8. The fourth-order valence-corrected chi connectivity index (χ4v) is 4.05. The van der Waals surface area contributed by atoms with Gasteiger partial charge in [0.25, 0.3) is 11.1 Å². The van der Waals surface area contributed by atoms with Crippen LogP contribution in [-0.2, 0) is 0 Å². The number of carbonyl (C=O) groups is 1. The summed E-state index contributed by atoms with van der Waals surface area (Å²) >= 11 is 1.34. The topological polar surface area (TPSA) is 64.5 Å². The second-order valence-corrected chi connectivity index (χ2v) is 7.23. The first-order valence-electron chi connectivity index (χ1n) is 8.65. The largest absolute Gasteiger partial charge is 0.480 e. The van der Waals surface area contributed by atoms with Crippen LogP contribution in [0.25, 0.3) is 10.2 Å². The SMILES string of the molecule is COc1ncccc1C(=O)N1CCC(Oc2nc3c(F)cccc3s2)CC1. The Bertz CT molecular complexity index is 970. The highest BCUT2D eigenvalue weighted by Crippen LogP contribution is 2.31. The maximum Gasteiger partial charge on any atom is 0.274 e. The summed E-state index contributed by atoms with van der Waals surface area (Å²) in [6.07, 6.45) is 2.92. The molecule has 2 aromatic heterocycles. The minimum Gasteiger partial charge on any atom is -0.480 e. The third-order valence-corrected chi connectivity index (χ3v) is 5.45. The van der Waals surface area contributed by atoms with E-state index in [9.17, 15) is 9.18 Å². The van der Waals surface area contributed by atoms with Gasteiger partial charge < -0.3 is 14.4 Å². The van der Waals surface area contributed by atoms with E-state index in [4.69, 9.17) is 9.47 Å². The van der Waals surface area contributed by atoms with Crippen molar-refractivity contribution in [2.45, 2.75) is 18.9 Å². The van der Waals surface area contributed by atoms with Crippen molar-refractivity contribution < 1.29 is 18.7 Å². The van der Waals surface area contributed by atoms with E-state index in [1.807, 2.05) is 6.07 Å². The van der Waals surface area contributed by atoms with E-state index in [-0.39, 0.29) is 17.8 Å². The molecule has 0 spiro atoms. The van der Waals surface area contributed by atoms with Crippen LogP contribution in [0.2, 0.25) is 0 Å². The van der Waals surface area contributed by atoms with Crippen molar-refractivity contribution in [1.82, 2.24) is 14.9 Å². The number of piperidine rings is 1. The number of ether oxygens (including phenoxy) is 2. The molecule has 0 atom stereocenters. The number of benzene rings is 1. The molecule has 0 N–H and O–H groups in total. The minimum atomic E-state index is -0.343. The van der Waals surface area contributed by atoms with Crippen molar-refractivity contribution in [1.29, 1.82) is 0 Å². The van der Waals surface area contributed by atoms with Crippen molar-refractivity contribution in [2.75, 3.05) is 20.2 Å². The van der Waals surface area contributed by atoms with Crippen molar-refractivity contribution in [3.63, 3.8) is 0 Å². The number of amides is 1. The van der Waals surface area contributed by atoms with Crippen molar-refractivity contribution in [3.05, 3.63) is 47.9 Å². The number of fused-ring (bicyclic) bond motifs is 1. The van der Waals surface area contributed by atoms with Crippen LogP contribution in [0.5, 0.6) is 11.1 Å². The standard InChI is InChI=1S/C19H18FN3O3S/c1-25-17-13(4-3-9-21-17)18(24)23-10-7-12(8-11-23)26-19-22-16-14(20)5-2-6-15(16)27-19/h2-6,9,12H,7-8,10-11H2,1H3. The number of likely N-dealkylation sites (tertiary alicyclic amines) is 1. The van der Waals surface area contributed by atoms with E-state index in [1.54, 1.807) is 29.3 Å². The Morgan fingerprint density at radius 2 is 2.07 bits per heavy atom. The molecule has 0 radical (unpaired) electrons. The maximum absolute atomic E-state index is 13.8. The van der Waals surface area contributed by atoms with Gasteiger partial charge in [-0.15, -0.1) is 0 Å². The normalized spacial score (nSPS) is 15.1. The zero-order chi connectivity index (χ0) is 18.8. The fourth-order valence-electron chi connectivity index (χ4n) is 3.15. The molecule has 1 aliphatic heterocycles. The molecular weight excluding hydrogens is 369 g/mol. The summed E-state index contributed by atoms with van der Waals surface area (Å²) in [6.45, 7) is 1.14. The average molecular weight is 387 g/mol. The molecule has 1 amide bonds. The summed E-state index contributed by atoms with van der Waals surface area (Å²) in [5, 5.41) is 0.466. The predicted octanol–water partition coefficient (Wildman–Crippen LogP) is 3.52. The monoisotopic (exact) mass is 387 g/mol. The molecule has 0 unspecified atom stereocenters. The number of rotatable bonds is 4. The molecule has 0 bridgehead atoms. The molecule has 0 saturated carbocycles. The lowest BCUT2D eigenvalue weighted by molar-refractivity contribution is 0.0592. The first-order chi connectivity index (χ1) is 13.2. The number of halogens is 1. The average Bonchev–Trinajstić information content (AvgIpc) is 3.12. The smallest absolute Gasteiger partial charge is 0.274 e. The number of pyridine rings is 1. The molecule has 27 heavy (non-hydrogen) atoms. The van der Waals surface area contributed by atoms with Gasteiger partial charge in [-0.25, -0.2) is 9.37 Å². The quantitative estimate of drug-likeness (QED) is 0.685. The van der Waals surface area contributed by atoms with E-state index >= 15 is 0 Å². The van der Waals surface area contributed by atoms with Crippen LogP contribution in [0.15, 0.2) is 36.5 Å². The summed E-state index contributed by atoms with van der Waals surface area (Å²) in [6, 6.07) is 8.31. The lowest BCUT2D eigenvalue weighted by atomic mass is 10.1. The highest BCUT2D eigenvalue weighted by atomic mass is 32.1. The summed E-state index contributed by atoms with van der Waals surface area (Å²) in [7, 11) is 1.50. The van der Waals surface area contributed by atoms with E-state index < -0.39 is 0 Å². The van der Waals surface area contributed by atoms with Crippen LogP contribution < -0.4 is 9.47 Å². The molecule has 6 nitrogen and oxygen atoms in total. The molecule has 1 aliphatic rings. The van der Waals surface area contributed by atoms with Gasteiger partial charge in [-0.2, -0.15) is 4.98 Å². The van der Waals surface area contributed by atoms with Crippen LogP contribution in [0.3, 0.4) is 0 Å². The van der Waals surface area contributed by atoms with Crippen LogP contribution in [-0.4, -0.2) is 47.1 Å². The first-order valence-corrected chi connectivity index (χ1v) is 9.47. The molecule has 8 heteroatoms. The van der Waals surface area contributed by atoms with E-state index in [0.717, 1.165) is 4.70 Å². The predicted molar refractivity (Wildman–Crippen MR) is 99.9 cm³/mol. The summed E-state index contributed by atoms with van der Waals surface area (Å²) in [5.41, 5.74) is 0.801. The molecule has 1 saturated heterocycles. The van der Waals surface area contributed by atoms with E-state index in [0.29, 0.717) is 48.1 Å². The Kier molecular flexibility index (Phi) is 4.89. The summed E-state index contributed by atoms with van der Waals surface area (Å²) < 4.78 is 25.7. The van der Waals surface area contributed by atoms with Gasteiger partial charge in [-0.3, -0.25) is 4.79 Å². The van der Waals surface area contributed by atoms with E-state index in [2.05, 4.69) is 9.97 Å². The van der Waals surface area contributed by atoms with Gasteiger partial charge in [0.1, 0.15) is 23.0 Å². The van der Waals surface area contributed by atoms with Crippen LogP contribution in [0.1, 0.15) is 23.2 Å². The van der Waals surface area contributed by atoms with Gasteiger partial charge >= 0.3 is 0 Å². The lowest BCUT2D eigenvalue weighted by Gasteiger charge is -2.31. The first kappa shape index (κ1) is 17.7.